The molecule has 22 heavy (non-hydrogen) atoms. The average Bonchev–Trinajstić information content (AvgIpc) is 2.83. The third-order valence-corrected chi connectivity index (χ3v) is 4.69. The molecule has 0 aromatic heterocycles. The van der Waals surface area contributed by atoms with Gasteiger partial charge in [-0.25, -0.2) is 0 Å². The molecule has 4 rings (SSSR count). The fraction of sp³-hybridized carbons (Fsp3) is 0.222. The lowest BCUT2D eigenvalue weighted by atomic mass is 9.64. The topological polar surface area (TPSA) is 63.6 Å². The van der Waals surface area contributed by atoms with E-state index >= 15 is 0 Å². The summed E-state index contributed by atoms with van der Waals surface area (Å²) in [7, 11) is 0. The summed E-state index contributed by atoms with van der Waals surface area (Å²) in [5.41, 5.74) is 0.615. The minimum Gasteiger partial charge on any atom is -0.393 e. The minimum atomic E-state index is -1.54. The third-order valence-electron chi connectivity index (χ3n) is 4.69. The van der Waals surface area contributed by atoms with Gasteiger partial charge in [-0.1, -0.05) is 54.6 Å². The van der Waals surface area contributed by atoms with E-state index in [2.05, 4.69) is 0 Å². The average molecular weight is 294 g/mol. The Kier molecular flexibility index (Phi) is 2.71. The van der Waals surface area contributed by atoms with Crippen LogP contribution < -0.4 is 0 Å². The lowest BCUT2D eigenvalue weighted by Gasteiger charge is -2.40. The second-order valence-electron chi connectivity index (χ2n) is 5.82. The summed E-state index contributed by atoms with van der Waals surface area (Å²) >= 11 is 0. The molecule has 1 aliphatic carbocycles. The highest BCUT2D eigenvalue weighted by Crippen LogP contribution is 2.50. The van der Waals surface area contributed by atoms with E-state index < -0.39 is 29.4 Å². The number of fused-ring (bicyclic) bond motifs is 2. The van der Waals surface area contributed by atoms with Crippen LogP contribution >= 0.6 is 0 Å². The number of benzene rings is 2. The van der Waals surface area contributed by atoms with Gasteiger partial charge in [-0.2, -0.15) is 0 Å². The van der Waals surface area contributed by atoms with Gasteiger partial charge in [-0.05, 0) is 23.1 Å². The van der Waals surface area contributed by atoms with Crippen molar-refractivity contribution in [3.05, 3.63) is 71.3 Å². The van der Waals surface area contributed by atoms with Crippen LogP contribution in [0.4, 0.5) is 0 Å². The Morgan fingerprint density at radius 3 is 2.41 bits per heavy atom. The number of ether oxygens (including phenoxy) is 1. The summed E-state index contributed by atoms with van der Waals surface area (Å²) in [6.07, 6.45) is 0.417. The van der Waals surface area contributed by atoms with Gasteiger partial charge in [0.2, 0.25) is 0 Å². The van der Waals surface area contributed by atoms with Crippen LogP contribution in [0.25, 0.3) is 0 Å². The van der Waals surface area contributed by atoms with Crippen LogP contribution in [0.2, 0.25) is 0 Å². The van der Waals surface area contributed by atoms with Crippen LogP contribution in [0.1, 0.15) is 16.7 Å². The minimum absolute atomic E-state index is 0.417. The van der Waals surface area contributed by atoms with Gasteiger partial charge in [-0.15, -0.1) is 0 Å². The molecule has 2 aromatic rings. The Morgan fingerprint density at radius 2 is 1.64 bits per heavy atom. The predicted octanol–water partition coefficient (Wildman–Crippen LogP) is 1.79. The molecule has 3 atom stereocenters. The smallest absolute Gasteiger partial charge is 0.321 e. The highest BCUT2D eigenvalue weighted by molar-refractivity contribution is 5.98. The molecule has 4 heteroatoms. The Labute approximate surface area is 127 Å². The zero-order valence-corrected chi connectivity index (χ0v) is 11.7. The number of esters is 2. The maximum Gasteiger partial charge on any atom is 0.321 e. The summed E-state index contributed by atoms with van der Waals surface area (Å²) in [5, 5.41) is 11.5. The summed E-state index contributed by atoms with van der Waals surface area (Å²) in [6, 6.07) is 16.4. The molecule has 4 nitrogen and oxygen atoms in total. The fourth-order valence-corrected chi connectivity index (χ4v) is 3.70. The molecule has 0 spiro atoms. The van der Waals surface area contributed by atoms with E-state index in [9.17, 15) is 14.7 Å². The Balaban J connectivity index is 2.00. The van der Waals surface area contributed by atoms with Crippen molar-refractivity contribution < 1.29 is 19.4 Å². The van der Waals surface area contributed by atoms with Gasteiger partial charge >= 0.3 is 11.9 Å². The molecular weight excluding hydrogens is 280 g/mol. The van der Waals surface area contributed by atoms with Crippen molar-refractivity contribution in [1.82, 2.24) is 0 Å². The second-order valence-corrected chi connectivity index (χ2v) is 5.82. The monoisotopic (exact) mass is 294 g/mol. The maximum atomic E-state index is 12.2. The van der Waals surface area contributed by atoms with Gasteiger partial charge in [0.15, 0.2) is 0 Å². The van der Waals surface area contributed by atoms with Gasteiger partial charge in [-0.3, -0.25) is 9.59 Å². The lowest BCUT2D eigenvalue weighted by Crippen LogP contribution is -2.47. The van der Waals surface area contributed by atoms with E-state index in [0.29, 0.717) is 17.5 Å². The molecule has 0 radical (unpaired) electrons. The fourth-order valence-electron chi connectivity index (χ4n) is 3.70. The molecule has 0 unspecified atom stereocenters. The highest BCUT2D eigenvalue weighted by atomic mass is 16.6. The van der Waals surface area contributed by atoms with Crippen LogP contribution in [0, 0.1) is 11.8 Å². The molecule has 0 amide bonds. The number of hydrogen-bond donors (Lipinski definition) is 1. The van der Waals surface area contributed by atoms with Crippen molar-refractivity contribution in [2.75, 3.05) is 0 Å². The van der Waals surface area contributed by atoms with Crippen molar-refractivity contribution in [2.24, 2.45) is 11.8 Å². The van der Waals surface area contributed by atoms with Crippen LogP contribution in [0.5, 0.6) is 0 Å². The van der Waals surface area contributed by atoms with E-state index in [-0.39, 0.29) is 0 Å². The van der Waals surface area contributed by atoms with Crippen molar-refractivity contribution in [1.29, 1.82) is 0 Å². The second kappa shape index (κ2) is 4.52. The van der Waals surface area contributed by atoms with Crippen molar-refractivity contribution >= 4 is 11.9 Å². The lowest BCUT2D eigenvalue weighted by molar-refractivity contribution is -0.155. The predicted molar refractivity (Wildman–Crippen MR) is 77.7 cm³/mol. The van der Waals surface area contributed by atoms with Crippen LogP contribution in [0.3, 0.4) is 0 Å². The first kappa shape index (κ1) is 13.2. The van der Waals surface area contributed by atoms with Gasteiger partial charge in [0.1, 0.15) is 11.5 Å². The number of cyclic esters (lactones) is 2. The van der Waals surface area contributed by atoms with Crippen LogP contribution in [0.15, 0.2) is 54.6 Å². The molecule has 2 aliphatic rings. The van der Waals surface area contributed by atoms with Crippen LogP contribution in [-0.2, 0) is 26.3 Å². The first-order valence-electron chi connectivity index (χ1n) is 7.24. The summed E-state index contributed by atoms with van der Waals surface area (Å²) in [5.74, 6) is -2.71. The van der Waals surface area contributed by atoms with Gasteiger partial charge in [0.25, 0.3) is 0 Å². The quantitative estimate of drug-likeness (QED) is 0.643. The van der Waals surface area contributed by atoms with E-state index in [0.717, 1.165) is 5.56 Å². The maximum absolute atomic E-state index is 12.2. The van der Waals surface area contributed by atoms with E-state index in [1.54, 1.807) is 12.1 Å². The largest absolute Gasteiger partial charge is 0.393 e. The Morgan fingerprint density at radius 1 is 0.955 bits per heavy atom. The molecular formula is C18H14O4. The molecule has 1 N–H and O–H groups in total. The zero-order valence-electron chi connectivity index (χ0n) is 11.7. The van der Waals surface area contributed by atoms with Crippen molar-refractivity contribution in [3.63, 3.8) is 0 Å². The highest BCUT2D eigenvalue weighted by Gasteiger charge is 2.59. The molecule has 110 valence electrons. The summed E-state index contributed by atoms with van der Waals surface area (Å²) in [4.78, 5) is 24.2. The SMILES string of the molecule is O=C1OC(=O)[C@@H]2Cc3ccccc3[C@@](O)(c3ccccc3)[C@H]12. The summed E-state index contributed by atoms with van der Waals surface area (Å²) in [6.45, 7) is 0. The molecule has 2 aromatic carbocycles. The van der Waals surface area contributed by atoms with Gasteiger partial charge < -0.3 is 9.84 Å². The van der Waals surface area contributed by atoms with Crippen LogP contribution in [-0.4, -0.2) is 17.0 Å². The number of carbonyl (C=O) groups is 2. The Hall–Kier alpha value is -2.46. The molecule has 1 saturated heterocycles. The number of carbonyl (C=O) groups excluding carboxylic acids is 2. The standard InChI is InChI=1S/C18H14O4/c19-16-13-10-11-6-4-5-9-14(11)18(21,15(13)17(20)22-16)12-7-2-1-3-8-12/h1-9,13,15,21H,10H2/t13-,15+,18+/m1/s1. The molecule has 1 heterocycles. The van der Waals surface area contributed by atoms with E-state index in [1.165, 1.54) is 0 Å². The number of rotatable bonds is 1. The van der Waals surface area contributed by atoms with E-state index in [4.69, 9.17) is 4.74 Å². The molecule has 0 bridgehead atoms. The Bertz CT molecular complexity index is 768. The molecule has 0 saturated carbocycles. The van der Waals surface area contributed by atoms with E-state index in [1.807, 2.05) is 42.5 Å². The number of hydrogen-bond acceptors (Lipinski definition) is 4. The summed E-state index contributed by atoms with van der Waals surface area (Å²) < 4.78 is 4.82. The third kappa shape index (κ3) is 1.61. The van der Waals surface area contributed by atoms with Gasteiger partial charge in [0, 0.05) is 0 Å². The van der Waals surface area contributed by atoms with Crippen molar-refractivity contribution in [2.45, 2.75) is 12.0 Å². The normalized spacial score (nSPS) is 29.7. The molecule has 1 aliphatic heterocycles. The van der Waals surface area contributed by atoms with Gasteiger partial charge in [0.05, 0.1) is 5.92 Å². The molecule has 1 fully saturated rings. The first-order valence-corrected chi connectivity index (χ1v) is 7.24. The van der Waals surface area contributed by atoms with Crippen molar-refractivity contribution in [3.8, 4) is 0 Å². The first-order chi connectivity index (χ1) is 10.6. The zero-order chi connectivity index (χ0) is 15.3. The number of aliphatic hydroxyl groups is 1.